The van der Waals surface area contributed by atoms with Gasteiger partial charge in [-0.2, -0.15) is 13.4 Å². The number of nitrogens with one attached hydrogen (secondary N) is 1. The van der Waals surface area contributed by atoms with Gasteiger partial charge in [0.25, 0.3) is 10.2 Å². The summed E-state index contributed by atoms with van der Waals surface area (Å²) in [6.07, 6.45) is -0.228. The first-order valence-corrected chi connectivity index (χ1v) is 9.29. The second-order valence-electron chi connectivity index (χ2n) is 3.77. The van der Waals surface area contributed by atoms with Gasteiger partial charge in [-0.1, -0.05) is 0 Å². The molecule has 0 fully saturated rings. The number of guanidine groups is 1. The van der Waals surface area contributed by atoms with Crippen LogP contribution in [0.1, 0.15) is 12.1 Å². The van der Waals surface area contributed by atoms with Crippen LogP contribution in [0.5, 0.6) is 0 Å². The van der Waals surface area contributed by atoms with Crippen molar-refractivity contribution >= 4 is 49.3 Å². The summed E-state index contributed by atoms with van der Waals surface area (Å²) in [5.41, 5.74) is 10.9. The van der Waals surface area contributed by atoms with Crippen LogP contribution in [-0.2, 0) is 31.6 Å². The molecular weight excluding hydrogens is 340 g/mol. The summed E-state index contributed by atoms with van der Waals surface area (Å²) in [4.78, 5) is 19.0. The second-order valence-corrected chi connectivity index (χ2v) is 7.47. The second kappa shape index (κ2) is 7.44. The van der Waals surface area contributed by atoms with Gasteiger partial charge in [-0.15, -0.1) is 11.3 Å². The van der Waals surface area contributed by atoms with Crippen molar-refractivity contribution in [1.29, 1.82) is 0 Å². The SMILES string of the molecule is NC(N)=Nc1nc(C[S@@](=O)CCC(=O)NS(N)(=O)=O)cs1. The highest BCUT2D eigenvalue weighted by atomic mass is 32.2. The molecule has 0 aliphatic carbocycles. The predicted octanol–water partition coefficient (Wildman–Crippen LogP) is -1.99. The molecule has 21 heavy (non-hydrogen) atoms. The van der Waals surface area contributed by atoms with Crippen LogP contribution in [-0.4, -0.2) is 35.2 Å². The van der Waals surface area contributed by atoms with E-state index in [0.29, 0.717) is 10.8 Å². The van der Waals surface area contributed by atoms with Crippen LogP contribution in [0, 0.1) is 0 Å². The Kier molecular flexibility index (Phi) is 6.19. The number of aromatic nitrogens is 1. The third kappa shape index (κ3) is 7.69. The molecule has 1 amide bonds. The summed E-state index contributed by atoms with van der Waals surface area (Å²) in [5, 5.41) is 6.62. The van der Waals surface area contributed by atoms with E-state index in [1.54, 1.807) is 10.1 Å². The molecule has 0 aliphatic rings. The number of thiazole rings is 1. The van der Waals surface area contributed by atoms with Crippen molar-refractivity contribution in [1.82, 2.24) is 9.71 Å². The molecule has 1 rings (SSSR count). The molecule has 0 aliphatic heterocycles. The smallest absolute Gasteiger partial charge is 0.298 e. The number of hydrogen-bond donors (Lipinski definition) is 4. The summed E-state index contributed by atoms with van der Waals surface area (Å²) in [6.45, 7) is 0. The van der Waals surface area contributed by atoms with E-state index in [2.05, 4.69) is 15.1 Å². The van der Waals surface area contributed by atoms with Gasteiger partial charge in [-0.05, 0) is 0 Å². The summed E-state index contributed by atoms with van der Waals surface area (Å²) in [6, 6.07) is 0. The number of rotatable bonds is 7. The first-order chi connectivity index (χ1) is 9.65. The third-order valence-corrected chi connectivity index (χ3v) is 4.46. The standard InChI is InChI=1S/C8H14N6O4S3/c9-7(10)13-8-12-5(3-19-8)4-20(16)2-1-6(15)14-21(11,17)18/h3H,1-2,4H2,(H,14,15)(H2,11,17,18)(H4,9,10,12,13)/t20-/m0/s1. The quantitative estimate of drug-likeness (QED) is 0.322. The van der Waals surface area contributed by atoms with Crippen LogP contribution >= 0.6 is 11.3 Å². The van der Waals surface area contributed by atoms with E-state index in [1.807, 2.05) is 0 Å². The Morgan fingerprint density at radius 3 is 2.71 bits per heavy atom. The fourth-order valence-electron chi connectivity index (χ4n) is 1.18. The summed E-state index contributed by atoms with van der Waals surface area (Å²) in [7, 11) is -5.47. The molecule has 0 radical (unpaired) electrons. The molecule has 13 heteroatoms. The van der Waals surface area contributed by atoms with Gasteiger partial charge >= 0.3 is 0 Å². The van der Waals surface area contributed by atoms with Crippen LogP contribution in [0.15, 0.2) is 10.4 Å². The first-order valence-electron chi connectivity index (χ1n) is 5.38. The minimum atomic E-state index is -4.09. The molecular formula is C8H14N6O4S3. The summed E-state index contributed by atoms with van der Waals surface area (Å²) < 4.78 is 34.5. The van der Waals surface area contributed by atoms with E-state index in [9.17, 15) is 17.4 Å². The average Bonchev–Trinajstić information content (AvgIpc) is 2.70. The van der Waals surface area contributed by atoms with E-state index in [1.165, 1.54) is 11.3 Å². The Hall–Kier alpha value is -1.57. The topological polar surface area (TPSA) is 184 Å². The lowest BCUT2D eigenvalue weighted by molar-refractivity contribution is -0.118. The number of aliphatic imine (C=N–C) groups is 1. The molecule has 7 N–H and O–H groups in total. The van der Waals surface area contributed by atoms with Gasteiger partial charge in [-0.3, -0.25) is 9.00 Å². The molecule has 0 unspecified atom stereocenters. The van der Waals surface area contributed by atoms with Gasteiger partial charge in [0.1, 0.15) is 0 Å². The molecule has 0 spiro atoms. The Labute approximate surface area is 127 Å². The first kappa shape index (κ1) is 17.5. The van der Waals surface area contributed by atoms with Crippen LogP contribution < -0.4 is 21.3 Å². The highest BCUT2D eigenvalue weighted by Crippen LogP contribution is 2.19. The third-order valence-electron chi connectivity index (χ3n) is 1.89. The zero-order valence-corrected chi connectivity index (χ0v) is 13.1. The van der Waals surface area contributed by atoms with Crippen molar-refractivity contribution in [3.05, 3.63) is 11.1 Å². The lowest BCUT2D eigenvalue weighted by Crippen LogP contribution is -2.36. The van der Waals surface area contributed by atoms with Gasteiger partial charge in [-0.25, -0.2) is 14.8 Å². The Bertz CT molecular complexity index is 663. The van der Waals surface area contributed by atoms with Crippen molar-refractivity contribution < 1.29 is 17.4 Å². The number of nitrogens with two attached hydrogens (primary N) is 3. The van der Waals surface area contributed by atoms with Gasteiger partial charge in [0.2, 0.25) is 11.0 Å². The molecule has 0 bridgehead atoms. The van der Waals surface area contributed by atoms with Crippen LogP contribution in [0.4, 0.5) is 5.13 Å². The molecule has 10 nitrogen and oxygen atoms in total. The molecule has 0 aromatic carbocycles. The maximum absolute atomic E-state index is 11.7. The van der Waals surface area contributed by atoms with E-state index < -0.39 is 26.9 Å². The molecule has 1 atom stereocenters. The zero-order valence-electron chi connectivity index (χ0n) is 10.7. The molecule has 1 aromatic rings. The van der Waals surface area contributed by atoms with E-state index in [0.717, 1.165) is 0 Å². The summed E-state index contributed by atoms with van der Waals surface area (Å²) >= 11 is 1.18. The van der Waals surface area contributed by atoms with Crippen molar-refractivity contribution in [2.45, 2.75) is 12.2 Å². The number of nitrogens with zero attached hydrogens (tertiary/aromatic N) is 2. The normalized spacial score (nSPS) is 12.6. The van der Waals surface area contributed by atoms with Crippen LogP contribution in [0.25, 0.3) is 0 Å². The Morgan fingerprint density at radius 1 is 1.48 bits per heavy atom. The summed E-state index contributed by atoms with van der Waals surface area (Å²) in [5.74, 6) is -0.850. The van der Waals surface area contributed by atoms with Gasteiger partial charge in [0.05, 0.1) is 11.4 Å². The van der Waals surface area contributed by atoms with Crippen molar-refractivity contribution in [2.24, 2.45) is 21.6 Å². The van der Waals surface area contributed by atoms with Gasteiger partial charge in [0.15, 0.2) is 5.96 Å². The maximum Gasteiger partial charge on any atom is 0.298 e. The maximum atomic E-state index is 11.7. The zero-order chi connectivity index (χ0) is 16.0. The van der Waals surface area contributed by atoms with Gasteiger partial charge < -0.3 is 11.5 Å². The van der Waals surface area contributed by atoms with Gasteiger partial charge in [0, 0.05) is 28.4 Å². The Morgan fingerprint density at radius 2 is 2.14 bits per heavy atom. The molecule has 1 heterocycles. The largest absolute Gasteiger partial charge is 0.370 e. The number of amides is 1. The highest BCUT2D eigenvalue weighted by molar-refractivity contribution is 7.87. The van der Waals surface area contributed by atoms with E-state index in [4.69, 9.17) is 11.5 Å². The van der Waals surface area contributed by atoms with Crippen molar-refractivity contribution in [3.63, 3.8) is 0 Å². The molecule has 0 saturated heterocycles. The monoisotopic (exact) mass is 354 g/mol. The van der Waals surface area contributed by atoms with Crippen LogP contribution in [0.3, 0.4) is 0 Å². The highest BCUT2D eigenvalue weighted by Gasteiger charge is 2.12. The fraction of sp³-hybridized carbons (Fsp3) is 0.375. The number of hydrogen-bond acceptors (Lipinski definition) is 7. The minimum Gasteiger partial charge on any atom is -0.370 e. The van der Waals surface area contributed by atoms with Crippen molar-refractivity contribution in [3.8, 4) is 0 Å². The van der Waals surface area contributed by atoms with E-state index in [-0.39, 0.29) is 23.9 Å². The minimum absolute atomic E-state index is 0.0174. The average molecular weight is 354 g/mol. The van der Waals surface area contributed by atoms with Crippen molar-refractivity contribution in [2.75, 3.05) is 5.75 Å². The number of carbonyl (C=O) groups is 1. The predicted molar refractivity (Wildman–Crippen MR) is 80.2 cm³/mol. The lowest BCUT2D eigenvalue weighted by atomic mass is 10.5. The molecule has 118 valence electrons. The molecule has 1 aromatic heterocycles. The number of carbonyl (C=O) groups excluding carboxylic acids is 1. The van der Waals surface area contributed by atoms with E-state index >= 15 is 0 Å². The Balaban J connectivity index is 2.46. The molecule has 0 saturated carbocycles. The fourth-order valence-corrected chi connectivity index (χ4v) is 3.44. The van der Waals surface area contributed by atoms with Crippen LogP contribution in [0.2, 0.25) is 0 Å². The lowest BCUT2D eigenvalue weighted by Gasteiger charge is -2.02.